The van der Waals surface area contributed by atoms with Gasteiger partial charge in [0.1, 0.15) is 22.9 Å². The number of carbonyl (C=O) groups is 2. The summed E-state index contributed by atoms with van der Waals surface area (Å²) in [6.07, 6.45) is 0. The van der Waals surface area contributed by atoms with Gasteiger partial charge in [-0.25, -0.2) is 13.6 Å². The molecule has 21 heteroatoms. The zero-order valence-corrected chi connectivity index (χ0v) is 30.4. The van der Waals surface area contributed by atoms with E-state index in [4.69, 9.17) is 9.92 Å². The summed E-state index contributed by atoms with van der Waals surface area (Å²) in [5.74, 6) is -3.72. The zero-order chi connectivity index (χ0) is 38.6. The molecule has 4 rings (SSSR count). The number of sulfonamides is 1. The van der Waals surface area contributed by atoms with Crippen LogP contribution < -0.4 is 26.0 Å². The molecule has 0 saturated carbocycles. The number of nitrogens with zero attached hydrogens (tertiary/aromatic N) is 4. The van der Waals surface area contributed by atoms with Gasteiger partial charge in [0.25, 0.3) is 11.8 Å². The summed E-state index contributed by atoms with van der Waals surface area (Å²) in [5.41, 5.74) is -0.710. The first-order chi connectivity index (χ1) is 24.4. The number of anilines is 2. The SMILES string of the molecule is CC(O)=C(N=Nc1cc(S(N)(=O)=O)ccc1O)C(=O)Nc1ccccc1.CC([O-])=C(N=Nc1cc(S(=N)(=O)[O-])ccc1[O-])C(=O)Nc1ccccc1.[Cr+3]. The summed E-state index contributed by atoms with van der Waals surface area (Å²) in [4.78, 5) is 23.6. The second kappa shape index (κ2) is 19.0. The van der Waals surface area contributed by atoms with Crippen LogP contribution in [0, 0.1) is 4.78 Å². The predicted molar refractivity (Wildman–Crippen MR) is 182 cm³/mol. The Morgan fingerprint density at radius 2 is 1.21 bits per heavy atom. The van der Waals surface area contributed by atoms with Gasteiger partial charge in [0, 0.05) is 26.3 Å². The van der Waals surface area contributed by atoms with Crippen LogP contribution in [-0.2, 0) is 47.0 Å². The number of para-hydroxylation sites is 2. The maximum atomic E-state index is 12.2. The van der Waals surface area contributed by atoms with E-state index >= 15 is 0 Å². The zero-order valence-electron chi connectivity index (χ0n) is 27.5. The van der Waals surface area contributed by atoms with Gasteiger partial charge in [-0.2, -0.15) is 5.11 Å². The Hall–Kier alpha value is -5.95. The number of allylic oxidation sites excluding steroid dienone is 2. The topological polar surface area (TPSA) is 318 Å². The number of aromatic hydroxyl groups is 1. The van der Waals surface area contributed by atoms with Gasteiger partial charge in [0.15, 0.2) is 5.70 Å². The molecule has 2 amide bonds. The number of phenols is 1. The molecule has 1 radical (unpaired) electrons. The van der Waals surface area contributed by atoms with Crippen molar-refractivity contribution < 1.29 is 64.6 Å². The number of aliphatic hydroxyl groups is 1. The fourth-order valence-corrected chi connectivity index (χ4v) is 4.74. The van der Waals surface area contributed by atoms with Crippen molar-refractivity contribution in [3.8, 4) is 11.5 Å². The molecule has 0 saturated heterocycles. The van der Waals surface area contributed by atoms with Gasteiger partial charge in [-0.05, 0) is 61.5 Å². The predicted octanol–water partition coefficient (Wildman–Crippen LogP) is 4.16. The van der Waals surface area contributed by atoms with E-state index in [1.807, 2.05) is 0 Å². The first kappa shape index (κ1) is 43.2. The fraction of sp³-hybridized carbons (Fsp3) is 0.0625. The van der Waals surface area contributed by atoms with Crippen LogP contribution in [0.3, 0.4) is 0 Å². The van der Waals surface area contributed by atoms with E-state index in [9.17, 15) is 47.2 Å². The number of hydrogen-bond acceptors (Lipinski definition) is 15. The van der Waals surface area contributed by atoms with Crippen LogP contribution in [-0.4, -0.2) is 39.2 Å². The number of aliphatic hydroxyl groups excluding tert-OH is 1. The van der Waals surface area contributed by atoms with Crippen molar-refractivity contribution in [2.45, 2.75) is 23.6 Å². The van der Waals surface area contributed by atoms with Crippen LogP contribution in [0.25, 0.3) is 0 Å². The monoisotopic (exact) mass is 801 g/mol. The maximum absolute atomic E-state index is 12.2. The number of benzene rings is 4. The van der Waals surface area contributed by atoms with Crippen LogP contribution >= 0.6 is 0 Å². The molecule has 0 heterocycles. The summed E-state index contributed by atoms with van der Waals surface area (Å²) in [5, 5.41) is 67.1. The molecule has 0 aromatic heterocycles. The number of hydrogen-bond donors (Lipinski definition) is 6. The number of rotatable bonds is 10. The van der Waals surface area contributed by atoms with Crippen LogP contribution in [0.5, 0.6) is 11.5 Å². The molecular weight excluding hydrogens is 773 g/mol. The van der Waals surface area contributed by atoms with Gasteiger partial charge in [-0.15, -0.1) is 21.1 Å². The average Bonchev–Trinajstić information content (AvgIpc) is 3.06. The molecule has 18 nitrogen and oxygen atoms in total. The Morgan fingerprint density at radius 1 is 0.755 bits per heavy atom. The van der Waals surface area contributed by atoms with Crippen LogP contribution in [0.2, 0.25) is 0 Å². The minimum atomic E-state index is -4.30. The number of primary sulfonamides is 1. The molecule has 4 aromatic rings. The Labute approximate surface area is 314 Å². The van der Waals surface area contributed by atoms with E-state index in [0.717, 1.165) is 43.3 Å². The minimum absolute atomic E-state index is 0. The third kappa shape index (κ3) is 13.3. The number of nitrogens with one attached hydrogen (secondary N) is 3. The molecular formula is C32H29CrN8O10S2. The van der Waals surface area contributed by atoms with Crippen molar-refractivity contribution in [2.24, 2.45) is 25.6 Å². The molecule has 0 fully saturated rings. The van der Waals surface area contributed by atoms with Crippen LogP contribution in [0.1, 0.15) is 13.8 Å². The van der Waals surface area contributed by atoms with Gasteiger partial charge in [0.05, 0.1) is 10.6 Å². The minimum Gasteiger partial charge on any atom is -0.874 e. The molecule has 7 N–H and O–H groups in total. The quantitative estimate of drug-likeness (QED) is 0.0755. The van der Waals surface area contributed by atoms with E-state index in [-0.39, 0.29) is 33.7 Å². The molecule has 53 heavy (non-hydrogen) atoms. The Balaban J connectivity index is 0.000000360. The molecule has 0 spiro atoms. The summed E-state index contributed by atoms with van der Waals surface area (Å²) in [6.45, 7) is 2.33. The van der Waals surface area contributed by atoms with Gasteiger partial charge in [-0.1, -0.05) is 55.1 Å². The third-order valence-corrected chi connectivity index (χ3v) is 7.99. The smallest absolute Gasteiger partial charge is 0.874 e. The molecule has 0 aliphatic heterocycles. The van der Waals surface area contributed by atoms with Crippen LogP contribution in [0.15, 0.2) is 150 Å². The maximum Gasteiger partial charge on any atom is 3.00 e. The van der Waals surface area contributed by atoms with E-state index in [2.05, 4.69) is 31.1 Å². The largest absolute Gasteiger partial charge is 3.00 e. The fourth-order valence-electron chi connectivity index (χ4n) is 3.69. The molecule has 1 atom stereocenters. The van der Waals surface area contributed by atoms with Crippen molar-refractivity contribution in [3.63, 3.8) is 0 Å². The second-order valence-corrected chi connectivity index (χ2v) is 13.2. The average molecular weight is 802 g/mol. The number of azo groups is 2. The summed E-state index contributed by atoms with van der Waals surface area (Å²) < 4.78 is 52.2. The van der Waals surface area contributed by atoms with Gasteiger partial charge >= 0.3 is 17.4 Å². The summed E-state index contributed by atoms with van der Waals surface area (Å²) >= 11 is 0. The molecule has 0 aliphatic carbocycles. The van der Waals surface area contributed by atoms with Crippen molar-refractivity contribution >= 4 is 54.6 Å². The first-order valence-corrected chi connectivity index (χ1v) is 17.4. The van der Waals surface area contributed by atoms with Crippen molar-refractivity contribution in [3.05, 3.63) is 120 Å². The Bertz CT molecular complexity index is 2130. The van der Waals surface area contributed by atoms with E-state index < -0.39 is 71.1 Å². The van der Waals surface area contributed by atoms with E-state index in [1.54, 1.807) is 60.7 Å². The number of phenolic OH excluding ortho intramolecular Hbond substituents is 1. The van der Waals surface area contributed by atoms with Crippen molar-refractivity contribution in [1.82, 2.24) is 0 Å². The van der Waals surface area contributed by atoms with Crippen molar-refractivity contribution in [1.29, 1.82) is 4.78 Å². The number of amides is 2. The molecule has 0 bridgehead atoms. The van der Waals surface area contributed by atoms with Crippen LogP contribution in [0.4, 0.5) is 22.7 Å². The first-order valence-electron chi connectivity index (χ1n) is 14.4. The van der Waals surface area contributed by atoms with Gasteiger partial charge < -0.3 is 35.6 Å². The Morgan fingerprint density at radius 3 is 1.68 bits per heavy atom. The van der Waals surface area contributed by atoms with E-state index in [1.165, 1.54) is 6.92 Å². The van der Waals surface area contributed by atoms with Crippen molar-refractivity contribution in [2.75, 3.05) is 10.6 Å². The standard InChI is InChI=1S/2C16H16N4O5S.Cr/c2*1-10(21)15(16(23)18-11-5-3-2-4-6-11)20-19-13-9-12(26(17,24)25)7-8-14(13)22;/h2*2-9,21-22H,1H3,(H,18,23)(H2,17,24,25);/q;;+3/p-3. The second-order valence-electron chi connectivity index (χ2n) is 10.2. The van der Waals surface area contributed by atoms with E-state index in [0.29, 0.717) is 11.4 Å². The molecule has 4 aromatic carbocycles. The summed E-state index contributed by atoms with van der Waals surface area (Å²) in [7, 11) is -8.31. The third-order valence-electron chi connectivity index (χ3n) is 6.20. The molecule has 1 unspecified atom stereocenters. The molecule has 275 valence electrons. The van der Waals surface area contributed by atoms with Gasteiger partial charge in [-0.3, -0.25) is 18.6 Å². The Kier molecular flexibility index (Phi) is 15.5. The van der Waals surface area contributed by atoms with Gasteiger partial charge in [0.2, 0.25) is 10.0 Å². The number of carbonyl (C=O) groups excluding carboxylic acids is 2. The molecule has 0 aliphatic rings. The normalized spacial score (nSPS) is 13.4. The number of nitrogens with two attached hydrogens (primary N) is 1. The summed E-state index contributed by atoms with van der Waals surface area (Å²) in [6, 6.07) is 22.7.